The van der Waals surface area contributed by atoms with Crippen molar-refractivity contribution in [1.29, 1.82) is 0 Å². The van der Waals surface area contributed by atoms with Crippen molar-refractivity contribution in [2.45, 2.75) is 39.7 Å². The second-order valence-corrected chi connectivity index (χ2v) is 6.04. The highest BCUT2D eigenvalue weighted by Crippen LogP contribution is 2.21. The number of carbonyl (C=O) groups is 1. The van der Waals surface area contributed by atoms with Crippen molar-refractivity contribution in [3.05, 3.63) is 35.5 Å². The molecule has 3 nitrogen and oxygen atoms in total. The summed E-state index contributed by atoms with van der Waals surface area (Å²) in [6.07, 6.45) is 2.42. The first-order chi connectivity index (χ1) is 8.76. The SMILES string of the molecule is Cc1cn(C)c2cc(CC(=O)OC(C)(C)C)ccc12. The quantitative estimate of drug-likeness (QED) is 0.774. The van der Waals surface area contributed by atoms with E-state index in [1.165, 1.54) is 10.9 Å². The van der Waals surface area contributed by atoms with Crippen molar-refractivity contribution in [2.75, 3.05) is 0 Å². The van der Waals surface area contributed by atoms with Crippen LogP contribution in [0.3, 0.4) is 0 Å². The number of hydrogen-bond donors (Lipinski definition) is 0. The van der Waals surface area contributed by atoms with E-state index in [1.54, 1.807) is 0 Å². The topological polar surface area (TPSA) is 31.2 Å². The van der Waals surface area contributed by atoms with Gasteiger partial charge in [0.1, 0.15) is 5.60 Å². The summed E-state index contributed by atoms with van der Waals surface area (Å²) in [5.74, 6) is -0.183. The molecule has 0 saturated heterocycles. The number of ether oxygens (including phenoxy) is 1. The normalized spacial score (nSPS) is 11.8. The van der Waals surface area contributed by atoms with Gasteiger partial charge in [-0.2, -0.15) is 0 Å². The number of benzene rings is 1. The van der Waals surface area contributed by atoms with Gasteiger partial charge in [0.25, 0.3) is 0 Å². The Morgan fingerprint density at radius 1 is 1.32 bits per heavy atom. The predicted octanol–water partition coefficient (Wildman–Crippen LogP) is 3.37. The van der Waals surface area contributed by atoms with E-state index < -0.39 is 5.60 Å². The summed E-state index contributed by atoms with van der Waals surface area (Å²) in [5.41, 5.74) is 2.96. The van der Waals surface area contributed by atoms with Gasteiger partial charge in [0.05, 0.1) is 6.42 Å². The fourth-order valence-electron chi connectivity index (χ4n) is 2.29. The second kappa shape index (κ2) is 4.72. The van der Waals surface area contributed by atoms with Gasteiger partial charge in [-0.3, -0.25) is 4.79 Å². The minimum atomic E-state index is -0.428. The van der Waals surface area contributed by atoms with Crippen LogP contribution in [0.15, 0.2) is 24.4 Å². The Kier molecular flexibility index (Phi) is 3.40. The van der Waals surface area contributed by atoms with E-state index in [-0.39, 0.29) is 5.97 Å². The largest absolute Gasteiger partial charge is 0.460 e. The van der Waals surface area contributed by atoms with Crippen LogP contribution in [0.5, 0.6) is 0 Å². The van der Waals surface area contributed by atoms with E-state index in [0.29, 0.717) is 6.42 Å². The Bertz CT molecular complexity index is 617. The van der Waals surface area contributed by atoms with Crippen LogP contribution in [0.25, 0.3) is 10.9 Å². The Balaban J connectivity index is 2.22. The van der Waals surface area contributed by atoms with E-state index in [2.05, 4.69) is 29.8 Å². The lowest BCUT2D eigenvalue weighted by Gasteiger charge is -2.19. The molecule has 1 aromatic carbocycles. The molecule has 1 heterocycles. The van der Waals surface area contributed by atoms with Crippen LogP contribution in [0, 0.1) is 6.92 Å². The van der Waals surface area contributed by atoms with Crippen molar-refractivity contribution < 1.29 is 9.53 Å². The molecule has 0 radical (unpaired) electrons. The fourth-order valence-corrected chi connectivity index (χ4v) is 2.29. The zero-order chi connectivity index (χ0) is 14.2. The van der Waals surface area contributed by atoms with Gasteiger partial charge in [-0.1, -0.05) is 12.1 Å². The third-order valence-corrected chi connectivity index (χ3v) is 3.02. The summed E-state index contributed by atoms with van der Waals surface area (Å²) in [6.45, 7) is 7.74. The van der Waals surface area contributed by atoms with Gasteiger partial charge in [0.2, 0.25) is 0 Å². The van der Waals surface area contributed by atoms with Crippen molar-refractivity contribution in [1.82, 2.24) is 4.57 Å². The molecule has 0 bridgehead atoms. The van der Waals surface area contributed by atoms with Crippen molar-refractivity contribution in [3.63, 3.8) is 0 Å². The maximum atomic E-state index is 11.8. The van der Waals surface area contributed by atoms with Crippen LogP contribution in [-0.4, -0.2) is 16.1 Å². The average molecular weight is 259 g/mol. The summed E-state index contributed by atoms with van der Waals surface area (Å²) < 4.78 is 7.43. The molecule has 0 N–H and O–H groups in total. The van der Waals surface area contributed by atoms with Crippen molar-refractivity contribution >= 4 is 16.9 Å². The number of nitrogens with zero attached hydrogens (tertiary/aromatic N) is 1. The molecule has 2 aromatic rings. The van der Waals surface area contributed by atoms with Gasteiger partial charge in [-0.05, 0) is 44.9 Å². The minimum absolute atomic E-state index is 0.183. The molecule has 1 aromatic heterocycles. The number of fused-ring (bicyclic) bond motifs is 1. The molecule has 0 unspecified atom stereocenters. The zero-order valence-corrected chi connectivity index (χ0v) is 12.3. The third kappa shape index (κ3) is 3.16. The predicted molar refractivity (Wildman–Crippen MR) is 77.2 cm³/mol. The molecule has 0 spiro atoms. The van der Waals surface area contributed by atoms with Gasteiger partial charge < -0.3 is 9.30 Å². The van der Waals surface area contributed by atoms with Gasteiger partial charge in [0.15, 0.2) is 0 Å². The van der Waals surface area contributed by atoms with Gasteiger partial charge in [-0.25, -0.2) is 0 Å². The number of hydrogen-bond acceptors (Lipinski definition) is 2. The highest BCUT2D eigenvalue weighted by molar-refractivity contribution is 5.85. The minimum Gasteiger partial charge on any atom is -0.460 e. The highest BCUT2D eigenvalue weighted by atomic mass is 16.6. The van der Waals surface area contributed by atoms with E-state index >= 15 is 0 Å². The lowest BCUT2D eigenvalue weighted by Crippen LogP contribution is -2.24. The molecule has 3 heteroatoms. The van der Waals surface area contributed by atoms with E-state index in [9.17, 15) is 4.79 Å². The molecule has 0 aliphatic heterocycles. The van der Waals surface area contributed by atoms with E-state index in [1.807, 2.05) is 33.9 Å². The second-order valence-electron chi connectivity index (χ2n) is 6.04. The molecular weight excluding hydrogens is 238 g/mol. The highest BCUT2D eigenvalue weighted by Gasteiger charge is 2.16. The lowest BCUT2D eigenvalue weighted by molar-refractivity contribution is -0.153. The average Bonchev–Trinajstić information content (AvgIpc) is 2.51. The van der Waals surface area contributed by atoms with Gasteiger partial charge in [0, 0.05) is 24.1 Å². The summed E-state index contributed by atoms with van der Waals surface area (Å²) in [5, 5.41) is 1.23. The third-order valence-electron chi connectivity index (χ3n) is 3.02. The van der Waals surface area contributed by atoms with E-state index in [0.717, 1.165) is 11.1 Å². The summed E-state index contributed by atoms with van der Waals surface area (Å²) >= 11 is 0. The molecule has 0 amide bonds. The number of aryl methyl sites for hydroxylation is 2. The molecule has 19 heavy (non-hydrogen) atoms. The summed E-state index contributed by atoms with van der Waals surface area (Å²) in [6, 6.07) is 6.13. The maximum Gasteiger partial charge on any atom is 0.310 e. The summed E-state index contributed by atoms with van der Waals surface area (Å²) in [4.78, 5) is 11.8. The molecule has 0 atom stereocenters. The Morgan fingerprint density at radius 3 is 2.63 bits per heavy atom. The smallest absolute Gasteiger partial charge is 0.310 e. The van der Waals surface area contributed by atoms with Crippen molar-refractivity contribution in [3.8, 4) is 0 Å². The molecule has 0 aliphatic carbocycles. The van der Waals surface area contributed by atoms with Crippen LogP contribution in [0.4, 0.5) is 0 Å². The lowest BCUT2D eigenvalue weighted by atomic mass is 10.1. The molecule has 2 rings (SSSR count). The zero-order valence-electron chi connectivity index (χ0n) is 12.3. The van der Waals surface area contributed by atoms with Crippen LogP contribution >= 0.6 is 0 Å². The number of aromatic nitrogens is 1. The number of rotatable bonds is 2. The maximum absolute atomic E-state index is 11.8. The molecular formula is C16H21NO2. The monoisotopic (exact) mass is 259 g/mol. The van der Waals surface area contributed by atoms with Crippen LogP contribution in [0.2, 0.25) is 0 Å². The van der Waals surface area contributed by atoms with Crippen LogP contribution in [0.1, 0.15) is 31.9 Å². The first-order valence-corrected chi connectivity index (χ1v) is 6.53. The first kappa shape index (κ1) is 13.7. The Labute approximate surface area is 114 Å². The van der Waals surface area contributed by atoms with E-state index in [4.69, 9.17) is 4.74 Å². The van der Waals surface area contributed by atoms with Gasteiger partial charge >= 0.3 is 5.97 Å². The molecule has 0 saturated carbocycles. The van der Waals surface area contributed by atoms with Crippen molar-refractivity contribution in [2.24, 2.45) is 7.05 Å². The standard InChI is InChI=1S/C16H21NO2/c1-11-10-17(5)14-8-12(6-7-13(11)14)9-15(18)19-16(2,3)4/h6-8,10H,9H2,1-5H3. The van der Waals surface area contributed by atoms with Crippen LogP contribution in [-0.2, 0) is 23.0 Å². The Hall–Kier alpha value is -1.77. The molecule has 0 aliphatic rings. The molecule has 0 fully saturated rings. The first-order valence-electron chi connectivity index (χ1n) is 6.53. The fraction of sp³-hybridized carbons (Fsp3) is 0.438. The summed E-state index contributed by atoms with van der Waals surface area (Å²) in [7, 11) is 2.02. The van der Waals surface area contributed by atoms with Crippen LogP contribution < -0.4 is 0 Å². The number of carbonyl (C=O) groups excluding carboxylic acids is 1. The number of esters is 1. The Morgan fingerprint density at radius 2 is 2.00 bits per heavy atom. The molecule has 102 valence electrons. The van der Waals surface area contributed by atoms with Gasteiger partial charge in [-0.15, -0.1) is 0 Å².